The summed E-state index contributed by atoms with van der Waals surface area (Å²) in [4.78, 5) is 23.3. The van der Waals surface area contributed by atoms with Gasteiger partial charge in [0.25, 0.3) is 0 Å². The molecule has 0 aliphatic carbocycles. The Hall–Kier alpha value is -2.74. The zero-order valence-electron chi connectivity index (χ0n) is 14.9. The molecule has 0 spiro atoms. The molecule has 0 heterocycles. The van der Waals surface area contributed by atoms with Gasteiger partial charge in [0, 0.05) is 6.42 Å². The second-order valence-corrected chi connectivity index (χ2v) is 6.11. The quantitative estimate of drug-likeness (QED) is 0.540. The molecule has 2 aromatic rings. The van der Waals surface area contributed by atoms with Crippen LogP contribution in [0.4, 0.5) is 0 Å². The first-order valence-corrected chi connectivity index (χ1v) is 8.55. The highest BCUT2D eigenvalue weighted by molar-refractivity contribution is 5.81. The van der Waals surface area contributed by atoms with E-state index in [4.69, 9.17) is 20.9 Å². The number of aliphatic hydroxyl groups excluding tert-OH is 1. The van der Waals surface area contributed by atoms with Gasteiger partial charge in [-0.25, -0.2) is 0 Å². The molecule has 0 saturated carbocycles. The van der Waals surface area contributed by atoms with Crippen LogP contribution < -0.4 is 11.5 Å². The number of benzene rings is 2. The second kappa shape index (κ2) is 10.4. The Morgan fingerprint density at radius 2 is 1.30 bits per heavy atom. The van der Waals surface area contributed by atoms with E-state index >= 15 is 0 Å². The molecule has 5 N–H and O–H groups in total. The molecule has 0 aromatic heterocycles. The Labute approximate surface area is 157 Å². The normalized spacial score (nSPS) is 14.3. The van der Waals surface area contributed by atoms with Crippen molar-refractivity contribution < 1.29 is 24.2 Å². The van der Waals surface area contributed by atoms with Crippen LogP contribution in [0.15, 0.2) is 60.7 Å². The van der Waals surface area contributed by atoms with Gasteiger partial charge in [0.05, 0.1) is 19.3 Å². The summed E-state index contributed by atoms with van der Waals surface area (Å²) in [7, 11) is 0. The Morgan fingerprint density at radius 1 is 0.815 bits per heavy atom. The Balaban J connectivity index is 1.94. The summed E-state index contributed by atoms with van der Waals surface area (Å²) in [5.74, 6) is -1.57. The fourth-order valence-corrected chi connectivity index (χ4v) is 2.52. The van der Waals surface area contributed by atoms with Gasteiger partial charge in [-0.05, 0) is 11.1 Å². The van der Waals surface area contributed by atoms with Crippen LogP contribution in [-0.2, 0) is 32.3 Å². The molecule has 2 aromatic carbocycles. The predicted octanol–water partition coefficient (Wildman–Crippen LogP) is 0.879. The van der Waals surface area contributed by atoms with E-state index in [0.29, 0.717) is 0 Å². The van der Waals surface area contributed by atoms with Gasteiger partial charge >= 0.3 is 0 Å². The van der Waals surface area contributed by atoms with Gasteiger partial charge in [0.15, 0.2) is 6.10 Å². The minimum atomic E-state index is -1.33. The van der Waals surface area contributed by atoms with Crippen molar-refractivity contribution in [3.63, 3.8) is 0 Å². The van der Waals surface area contributed by atoms with Crippen molar-refractivity contribution in [3.05, 3.63) is 71.8 Å². The molecule has 0 aliphatic heterocycles. The number of amides is 2. The maximum atomic E-state index is 11.7. The van der Waals surface area contributed by atoms with Gasteiger partial charge in [-0.2, -0.15) is 0 Å². The monoisotopic (exact) mass is 372 g/mol. The molecule has 27 heavy (non-hydrogen) atoms. The molecular formula is C20H24N2O5. The zero-order chi connectivity index (χ0) is 19.6. The molecule has 7 heteroatoms. The van der Waals surface area contributed by atoms with E-state index in [2.05, 4.69) is 0 Å². The minimum Gasteiger partial charge on any atom is -0.390 e. The van der Waals surface area contributed by atoms with Gasteiger partial charge in [0.1, 0.15) is 6.10 Å². The van der Waals surface area contributed by atoms with E-state index < -0.39 is 30.1 Å². The first-order chi connectivity index (χ1) is 13.0. The van der Waals surface area contributed by atoms with Crippen LogP contribution in [0.3, 0.4) is 0 Å². The lowest BCUT2D eigenvalue weighted by molar-refractivity contribution is -0.145. The molecule has 3 atom stereocenters. The summed E-state index contributed by atoms with van der Waals surface area (Å²) in [6.45, 7) is 0.241. The van der Waals surface area contributed by atoms with Gasteiger partial charge in [-0.3, -0.25) is 9.59 Å². The lowest BCUT2D eigenvalue weighted by atomic mass is 10.1. The molecule has 2 amide bonds. The second-order valence-electron chi connectivity index (χ2n) is 6.11. The predicted molar refractivity (Wildman–Crippen MR) is 99.1 cm³/mol. The largest absolute Gasteiger partial charge is 0.390 e. The van der Waals surface area contributed by atoms with E-state index in [-0.39, 0.29) is 19.6 Å². The number of hydrogen-bond donors (Lipinski definition) is 3. The lowest BCUT2D eigenvalue weighted by Gasteiger charge is -2.24. The van der Waals surface area contributed by atoms with Crippen molar-refractivity contribution in [3.8, 4) is 0 Å². The topological polar surface area (TPSA) is 125 Å². The third-order valence-electron chi connectivity index (χ3n) is 3.97. The average molecular weight is 372 g/mol. The SMILES string of the molecule is NC(=O)[C@@H](C[C@@H](O)[C@@H](OCc1ccccc1)C(N)=O)OCc1ccccc1. The van der Waals surface area contributed by atoms with Crippen molar-refractivity contribution in [2.24, 2.45) is 11.5 Å². The number of rotatable bonds is 11. The fraction of sp³-hybridized carbons (Fsp3) is 0.300. The van der Waals surface area contributed by atoms with Crippen LogP contribution in [-0.4, -0.2) is 35.2 Å². The van der Waals surface area contributed by atoms with E-state index in [1.807, 2.05) is 60.7 Å². The molecule has 0 aliphatic rings. The molecule has 7 nitrogen and oxygen atoms in total. The number of hydrogen-bond acceptors (Lipinski definition) is 5. The molecule has 2 rings (SSSR count). The van der Waals surface area contributed by atoms with E-state index in [1.54, 1.807) is 0 Å². The summed E-state index contributed by atoms with van der Waals surface area (Å²) in [5.41, 5.74) is 12.4. The summed E-state index contributed by atoms with van der Waals surface area (Å²) in [5, 5.41) is 10.4. The highest BCUT2D eigenvalue weighted by Gasteiger charge is 2.30. The van der Waals surface area contributed by atoms with Crippen LogP contribution in [0, 0.1) is 0 Å². The smallest absolute Gasteiger partial charge is 0.249 e. The first kappa shape index (κ1) is 20.6. The van der Waals surface area contributed by atoms with E-state index in [0.717, 1.165) is 11.1 Å². The van der Waals surface area contributed by atoms with Crippen LogP contribution in [0.5, 0.6) is 0 Å². The summed E-state index contributed by atoms with van der Waals surface area (Å²) >= 11 is 0. The zero-order valence-corrected chi connectivity index (χ0v) is 14.9. The van der Waals surface area contributed by atoms with Crippen molar-refractivity contribution >= 4 is 11.8 Å². The van der Waals surface area contributed by atoms with E-state index in [9.17, 15) is 14.7 Å². The molecule has 0 unspecified atom stereocenters. The molecule has 0 radical (unpaired) electrons. The number of carbonyl (C=O) groups excluding carboxylic acids is 2. The van der Waals surface area contributed by atoms with Crippen molar-refractivity contribution in [2.75, 3.05) is 0 Å². The minimum absolute atomic E-state index is 0.0949. The number of carbonyl (C=O) groups is 2. The first-order valence-electron chi connectivity index (χ1n) is 8.55. The summed E-state index contributed by atoms with van der Waals surface area (Å²) in [6, 6.07) is 18.4. The third-order valence-corrected chi connectivity index (χ3v) is 3.97. The number of primary amides is 2. The van der Waals surface area contributed by atoms with Crippen LogP contribution >= 0.6 is 0 Å². The highest BCUT2D eigenvalue weighted by Crippen LogP contribution is 2.14. The van der Waals surface area contributed by atoms with Crippen LogP contribution in [0.25, 0.3) is 0 Å². The maximum Gasteiger partial charge on any atom is 0.249 e. The van der Waals surface area contributed by atoms with Crippen LogP contribution in [0.1, 0.15) is 17.5 Å². The molecule has 0 saturated heterocycles. The maximum absolute atomic E-state index is 11.7. The fourth-order valence-electron chi connectivity index (χ4n) is 2.52. The van der Waals surface area contributed by atoms with Crippen molar-refractivity contribution in [2.45, 2.75) is 37.9 Å². The number of aliphatic hydroxyl groups is 1. The number of nitrogens with two attached hydrogens (primary N) is 2. The standard InChI is InChI=1S/C20H24N2O5/c21-19(24)17(26-12-14-7-3-1-4-8-14)11-16(23)18(20(22)25)27-13-15-9-5-2-6-10-15/h1-10,16-18,23H,11-13H2,(H2,21,24)(H2,22,25)/t16-,17-,18-/m1/s1. The van der Waals surface area contributed by atoms with E-state index in [1.165, 1.54) is 0 Å². The van der Waals surface area contributed by atoms with Gasteiger partial charge in [0.2, 0.25) is 11.8 Å². The third kappa shape index (κ3) is 6.82. The Morgan fingerprint density at radius 3 is 1.74 bits per heavy atom. The highest BCUT2D eigenvalue weighted by atomic mass is 16.5. The summed E-state index contributed by atoms with van der Waals surface area (Å²) < 4.78 is 11.0. The van der Waals surface area contributed by atoms with Gasteiger partial charge in [-0.1, -0.05) is 60.7 Å². The summed E-state index contributed by atoms with van der Waals surface area (Å²) in [6.07, 6.45) is -3.90. The Bertz CT molecular complexity index is 724. The van der Waals surface area contributed by atoms with Crippen molar-refractivity contribution in [1.82, 2.24) is 0 Å². The van der Waals surface area contributed by atoms with Crippen LogP contribution in [0.2, 0.25) is 0 Å². The van der Waals surface area contributed by atoms with Crippen molar-refractivity contribution in [1.29, 1.82) is 0 Å². The van der Waals surface area contributed by atoms with Gasteiger partial charge < -0.3 is 26.0 Å². The van der Waals surface area contributed by atoms with Gasteiger partial charge in [-0.15, -0.1) is 0 Å². The number of ether oxygens (including phenoxy) is 2. The molecule has 144 valence electrons. The molecule has 0 fully saturated rings. The molecule has 0 bridgehead atoms. The lowest BCUT2D eigenvalue weighted by Crippen LogP contribution is -2.45. The average Bonchev–Trinajstić information content (AvgIpc) is 2.66. The Kier molecular flexibility index (Phi) is 7.94. The molecular weight excluding hydrogens is 348 g/mol.